The van der Waals surface area contributed by atoms with Crippen LogP contribution in [0.2, 0.25) is 0 Å². The highest BCUT2D eigenvalue weighted by atomic mass is 32.1. The van der Waals surface area contributed by atoms with Gasteiger partial charge in [-0.25, -0.2) is 0 Å². The Hall–Kier alpha value is -1.43. The van der Waals surface area contributed by atoms with Crippen molar-refractivity contribution in [2.75, 3.05) is 0 Å². The average Bonchev–Trinajstić information content (AvgIpc) is 2.33. The van der Waals surface area contributed by atoms with Gasteiger partial charge in [-0.2, -0.15) is 4.37 Å². The highest BCUT2D eigenvalue weighted by molar-refractivity contribution is 7.08. The monoisotopic (exact) mass is 171 g/mol. The van der Waals surface area contributed by atoms with Crippen molar-refractivity contribution in [1.82, 2.24) is 4.37 Å². The molecule has 0 aromatic carbocycles. The molecule has 0 saturated carbocycles. The molecule has 0 aliphatic carbocycles. The molecule has 6 heteroatoms. The Kier molecular flexibility index (Phi) is 1.86. The summed E-state index contributed by atoms with van der Waals surface area (Å²) >= 11 is 0.861. The van der Waals surface area contributed by atoms with E-state index in [1.54, 1.807) is 0 Å². The van der Waals surface area contributed by atoms with Crippen LogP contribution in [0.15, 0.2) is 6.07 Å². The maximum absolute atomic E-state index is 10.5. The molecule has 0 atom stereocenters. The molecule has 0 aliphatic heterocycles. The van der Waals surface area contributed by atoms with E-state index in [-0.39, 0.29) is 10.6 Å². The van der Waals surface area contributed by atoms with Crippen LogP contribution in [0.4, 0.5) is 0 Å². The number of aromatic nitrogens is 1. The van der Waals surface area contributed by atoms with Crippen LogP contribution in [-0.4, -0.2) is 16.2 Å². The minimum Gasteiger partial charge on any atom is -0.365 e. The van der Waals surface area contributed by atoms with Crippen molar-refractivity contribution in [1.29, 1.82) is 0 Å². The van der Waals surface area contributed by atoms with Crippen LogP contribution in [0.25, 0.3) is 0 Å². The molecule has 0 bridgehead atoms. The number of carbonyl (C=O) groups is 2. The van der Waals surface area contributed by atoms with Gasteiger partial charge in [-0.3, -0.25) is 9.59 Å². The van der Waals surface area contributed by atoms with E-state index in [0.717, 1.165) is 11.5 Å². The zero-order valence-electron chi connectivity index (χ0n) is 5.40. The zero-order valence-corrected chi connectivity index (χ0v) is 6.22. The summed E-state index contributed by atoms with van der Waals surface area (Å²) in [6, 6.07) is 1.27. The Bertz CT molecular complexity index is 278. The van der Waals surface area contributed by atoms with Crippen LogP contribution in [0.3, 0.4) is 0 Å². The van der Waals surface area contributed by atoms with Gasteiger partial charge in [-0.1, -0.05) is 0 Å². The fourth-order valence-corrected chi connectivity index (χ4v) is 1.10. The summed E-state index contributed by atoms with van der Waals surface area (Å²) in [5.41, 5.74) is 9.86. The third-order valence-electron chi connectivity index (χ3n) is 1.01. The van der Waals surface area contributed by atoms with Crippen LogP contribution in [-0.2, 0) is 0 Å². The second-order valence-electron chi connectivity index (χ2n) is 1.80. The molecule has 0 fully saturated rings. The molecule has 1 aromatic rings. The minimum atomic E-state index is -0.659. The Morgan fingerprint density at radius 2 is 2.00 bits per heavy atom. The third-order valence-corrected chi connectivity index (χ3v) is 1.81. The maximum Gasteiger partial charge on any atom is 0.268 e. The summed E-state index contributed by atoms with van der Waals surface area (Å²) < 4.78 is 3.60. The van der Waals surface area contributed by atoms with E-state index in [1.807, 2.05) is 0 Å². The van der Waals surface area contributed by atoms with E-state index < -0.39 is 11.8 Å². The molecule has 2 amide bonds. The zero-order chi connectivity index (χ0) is 8.43. The molecular weight excluding hydrogens is 166 g/mol. The van der Waals surface area contributed by atoms with Crippen molar-refractivity contribution < 1.29 is 9.59 Å². The molecule has 1 aromatic heterocycles. The van der Waals surface area contributed by atoms with Crippen LogP contribution in [0.1, 0.15) is 20.2 Å². The molecule has 58 valence electrons. The molecule has 0 unspecified atom stereocenters. The lowest BCUT2D eigenvalue weighted by molar-refractivity contribution is 0.0995. The highest BCUT2D eigenvalue weighted by Gasteiger charge is 2.09. The van der Waals surface area contributed by atoms with Gasteiger partial charge in [0.2, 0.25) is 0 Å². The number of amides is 2. The number of hydrogen-bond donors (Lipinski definition) is 2. The summed E-state index contributed by atoms with van der Waals surface area (Å²) in [6.45, 7) is 0. The molecule has 1 heterocycles. The van der Waals surface area contributed by atoms with Crippen molar-refractivity contribution in [3.63, 3.8) is 0 Å². The van der Waals surface area contributed by atoms with E-state index in [9.17, 15) is 9.59 Å². The lowest BCUT2D eigenvalue weighted by Gasteiger charge is -1.81. The predicted molar refractivity (Wildman–Crippen MR) is 39.1 cm³/mol. The topological polar surface area (TPSA) is 99.1 Å². The summed E-state index contributed by atoms with van der Waals surface area (Å²) in [6.07, 6.45) is 0. The summed E-state index contributed by atoms with van der Waals surface area (Å²) in [4.78, 5) is 21.2. The van der Waals surface area contributed by atoms with E-state index in [1.165, 1.54) is 6.07 Å². The first-order valence-electron chi connectivity index (χ1n) is 2.67. The van der Waals surface area contributed by atoms with Crippen molar-refractivity contribution in [2.24, 2.45) is 11.5 Å². The van der Waals surface area contributed by atoms with Gasteiger partial charge in [0, 0.05) is 0 Å². The van der Waals surface area contributed by atoms with Gasteiger partial charge in [0.25, 0.3) is 11.8 Å². The molecule has 1 rings (SSSR count). The van der Waals surface area contributed by atoms with Crippen LogP contribution >= 0.6 is 11.5 Å². The van der Waals surface area contributed by atoms with Gasteiger partial charge in [0.15, 0.2) is 0 Å². The Labute approximate surface area is 66.2 Å². The average molecular weight is 171 g/mol. The predicted octanol–water partition coefficient (Wildman–Crippen LogP) is -0.659. The smallest absolute Gasteiger partial charge is 0.268 e. The van der Waals surface area contributed by atoms with E-state index >= 15 is 0 Å². The van der Waals surface area contributed by atoms with Gasteiger partial charge in [-0.15, -0.1) is 0 Å². The second-order valence-corrected chi connectivity index (χ2v) is 2.61. The first-order chi connectivity index (χ1) is 5.11. The number of nitrogens with zero attached hydrogens (tertiary/aromatic N) is 1. The molecule has 0 aliphatic rings. The number of hydrogen-bond acceptors (Lipinski definition) is 4. The van der Waals surface area contributed by atoms with Gasteiger partial charge in [-0.05, 0) is 17.6 Å². The van der Waals surface area contributed by atoms with Crippen molar-refractivity contribution in [3.05, 3.63) is 16.6 Å². The molecule has 5 nitrogen and oxygen atoms in total. The standard InChI is InChI=1S/C5H5N3O2S/c6-4(9)2-1-3(5(7)10)11-8-2/h1H,(H2,6,9)(H2,7,10). The lowest BCUT2D eigenvalue weighted by atomic mass is 10.3. The fourth-order valence-electron chi connectivity index (χ4n) is 0.507. The van der Waals surface area contributed by atoms with Crippen molar-refractivity contribution >= 4 is 23.3 Å². The van der Waals surface area contributed by atoms with Crippen molar-refractivity contribution in [3.8, 4) is 0 Å². The molecule has 0 saturated heterocycles. The number of nitrogens with two attached hydrogens (primary N) is 2. The molecule has 4 N–H and O–H groups in total. The van der Waals surface area contributed by atoms with Gasteiger partial charge in [0.1, 0.15) is 10.6 Å². The van der Waals surface area contributed by atoms with E-state index in [4.69, 9.17) is 11.5 Å². The molecule has 0 radical (unpaired) electrons. The summed E-state index contributed by atoms with van der Waals surface area (Å²) in [7, 11) is 0. The van der Waals surface area contributed by atoms with Crippen LogP contribution < -0.4 is 11.5 Å². The van der Waals surface area contributed by atoms with Gasteiger partial charge < -0.3 is 11.5 Å². The third kappa shape index (κ3) is 1.53. The fraction of sp³-hybridized carbons (Fsp3) is 0. The quantitative estimate of drug-likeness (QED) is 0.617. The second kappa shape index (κ2) is 2.67. The first-order valence-corrected chi connectivity index (χ1v) is 3.45. The largest absolute Gasteiger partial charge is 0.365 e. The molecular formula is C5H5N3O2S. The Morgan fingerprint density at radius 1 is 1.36 bits per heavy atom. The summed E-state index contributed by atoms with van der Waals surface area (Å²) in [5.74, 6) is -1.26. The number of primary amides is 2. The number of carbonyl (C=O) groups excluding carboxylic acids is 2. The van der Waals surface area contributed by atoms with Crippen LogP contribution in [0, 0.1) is 0 Å². The minimum absolute atomic E-state index is 0.0730. The van der Waals surface area contributed by atoms with Crippen molar-refractivity contribution in [2.45, 2.75) is 0 Å². The van der Waals surface area contributed by atoms with Crippen LogP contribution in [0.5, 0.6) is 0 Å². The first kappa shape index (κ1) is 7.67. The highest BCUT2D eigenvalue weighted by Crippen LogP contribution is 2.07. The number of rotatable bonds is 2. The Morgan fingerprint density at radius 3 is 2.27 bits per heavy atom. The summed E-state index contributed by atoms with van der Waals surface area (Å²) in [5, 5.41) is 0. The van der Waals surface area contributed by atoms with E-state index in [0.29, 0.717) is 0 Å². The lowest BCUT2D eigenvalue weighted by Crippen LogP contribution is -2.12. The SMILES string of the molecule is NC(=O)c1cc(C(N)=O)sn1. The van der Waals surface area contributed by atoms with E-state index in [2.05, 4.69) is 4.37 Å². The maximum atomic E-state index is 10.5. The van der Waals surface area contributed by atoms with Gasteiger partial charge >= 0.3 is 0 Å². The Balaban J connectivity index is 2.99. The van der Waals surface area contributed by atoms with Gasteiger partial charge in [0.05, 0.1) is 0 Å². The molecule has 0 spiro atoms. The normalized spacial score (nSPS) is 9.45. The molecule has 11 heavy (non-hydrogen) atoms.